The van der Waals surface area contributed by atoms with Crippen LogP contribution in [0.4, 0.5) is 5.69 Å². The van der Waals surface area contributed by atoms with E-state index in [9.17, 15) is 13.2 Å². The predicted molar refractivity (Wildman–Crippen MR) is 128 cm³/mol. The molecule has 33 heavy (non-hydrogen) atoms. The molecule has 1 aromatic heterocycles. The lowest BCUT2D eigenvalue weighted by molar-refractivity contribution is 0.102. The summed E-state index contributed by atoms with van der Waals surface area (Å²) in [6.07, 6.45) is 1.41. The lowest BCUT2D eigenvalue weighted by atomic mass is 10.2. The predicted octanol–water partition coefficient (Wildman–Crippen LogP) is 4.99. The van der Waals surface area contributed by atoms with Crippen molar-refractivity contribution in [3.8, 4) is 0 Å². The molecule has 1 amide bonds. The number of benzene rings is 3. The van der Waals surface area contributed by atoms with E-state index < -0.39 is 10.0 Å². The van der Waals surface area contributed by atoms with Crippen LogP contribution in [0.5, 0.6) is 0 Å². The number of fused-ring (bicyclic) bond motifs is 1. The number of amides is 1. The summed E-state index contributed by atoms with van der Waals surface area (Å²) in [4.78, 5) is 20.6. The largest absolute Gasteiger partial charge is 0.341 e. The average molecular weight is 481 g/mol. The van der Waals surface area contributed by atoms with Crippen molar-refractivity contribution in [2.24, 2.45) is 0 Å². The fourth-order valence-corrected chi connectivity index (χ4v) is 5.89. The molecule has 2 heterocycles. The van der Waals surface area contributed by atoms with Crippen molar-refractivity contribution in [1.82, 2.24) is 14.3 Å². The number of H-pyrrole nitrogens is 1. The van der Waals surface area contributed by atoms with Gasteiger partial charge in [-0.05, 0) is 67.4 Å². The number of aromatic amines is 1. The highest BCUT2D eigenvalue weighted by Gasteiger charge is 2.37. The van der Waals surface area contributed by atoms with Crippen molar-refractivity contribution in [3.63, 3.8) is 0 Å². The van der Waals surface area contributed by atoms with Gasteiger partial charge in [-0.3, -0.25) is 4.79 Å². The van der Waals surface area contributed by atoms with E-state index in [0.29, 0.717) is 40.6 Å². The highest BCUT2D eigenvalue weighted by atomic mass is 35.5. The van der Waals surface area contributed by atoms with Gasteiger partial charge < -0.3 is 10.3 Å². The highest BCUT2D eigenvalue weighted by molar-refractivity contribution is 7.89. The summed E-state index contributed by atoms with van der Waals surface area (Å²) < 4.78 is 28.0. The second kappa shape index (κ2) is 8.62. The van der Waals surface area contributed by atoms with E-state index in [-0.39, 0.29) is 16.8 Å². The van der Waals surface area contributed by atoms with E-state index in [0.717, 1.165) is 11.9 Å². The van der Waals surface area contributed by atoms with Gasteiger partial charge >= 0.3 is 0 Å². The van der Waals surface area contributed by atoms with Gasteiger partial charge in [0, 0.05) is 22.8 Å². The SMILES string of the molecule is O=C(Nc1ccc2nc(C3CCCN3S(=O)(=O)c3ccc(Cl)cc3)[nH]c2c1)c1ccccc1. The van der Waals surface area contributed by atoms with Crippen molar-refractivity contribution in [1.29, 1.82) is 0 Å². The molecular formula is C24H21ClN4O3S. The summed E-state index contributed by atoms with van der Waals surface area (Å²) in [6, 6.07) is 20.2. The van der Waals surface area contributed by atoms with Crippen LogP contribution in [0, 0.1) is 0 Å². The zero-order chi connectivity index (χ0) is 23.0. The zero-order valence-electron chi connectivity index (χ0n) is 17.5. The van der Waals surface area contributed by atoms with Crippen LogP contribution in [0.25, 0.3) is 11.0 Å². The third-order valence-electron chi connectivity index (χ3n) is 5.73. The minimum absolute atomic E-state index is 0.203. The Labute approximate surface area is 196 Å². The first kappa shape index (κ1) is 21.6. The van der Waals surface area contributed by atoms with Gasteiger partial charge in [0.15, 0.2) is 0 Å². The fraction of sp³-hybridized carbons (Fsp3) is 0.167. The first-order chi connectivity index (χ1) is 15.9. The van der Waals surface area contributed by atoms with Gasteiger partial charge in [-0.25, -0.2) is 13.4 Å². The third kappa shape index (κ3) is 4.25. The number of hydrogen-bond acceptors (Lipinski definition) is 4. The molecule has 0 spiro atoms. The molecule has 0 bridgehead atoms. The molecule has 3 aromatic carbocycles. The fourth-order valence-electron chi connectivity index (χ4n) is 4.10. The minimum Gasteiger partial charge on any atom is -0.341 e. The van der Waals surface area contributed by atoms with Crippen LogP contribution in [-0.2, 0) is 10.0 Å². The summed E-state index contributed by atoms with van der Waals surface area (Å²) >= 11 is 5.92. The van der Waals surface area contributed by atoms with Gasteiger partial charge in [-0.15, -0.1) is 0 Å². The van der Waals surface area contributed by atoms with E-state index in [1.807, 2.05) is 24.3 Å². The van der Waals surface area contributed by atoms with Gasteiger partial charge in [-0.2, -0.15) is 4.31 Å². The van der Waals surface area contributed by atoms with Crippen molar-refractivity contribution in [2.45, 2.75) is 23.8 Å². The molecule has 1 aliphatic heterocycles. The van der Waals surface area contributed by atoms with E-state index >= 15 is 0 Å². The molecule has 1 atom stereocenters. The number of aromatic nitrogens is 2. The Kier molecular flexibility index (Phi) is 5.65. The molecule has 1 aliphatic rings. The quantitative estimate of drug-likeness (QED) is 0.420. The molecule has 1 saturated heterocycles. The Morgan fingerprint density at radius 1 is 1.06 bits per heavy atom. The second-order valence-corrected chi connectivity index (χ2v) is 10.2. The molecule has 2 N–H and O–H groups in total. The average Bonchev–Trinajstić information content (AvgIpc) is 3.47. The van der Waals surface area contributed by atoms with Gasteiger partial charge in [0.1, 0.15) is 5.82 Å². The molecule has 1 unspecified atom stereocenters. The third-order valence-corrected chi connectivity index (χ3v) is 7.91. The second-order valence-electron chi connectivity index (χ2n) is 7.90. The molecule has 9 heteroatoms. The zero-order valence-corrected chi connectivity index (χ0v) is 19.1. The number of anilines is 1. The first-order valence-corrected chi connectivity index (χ1v) is 12.4. The number of nitrogens with one attached hydrogen (secondary N) is 2. The summed E-state index contributed by atoms with van der Waals surface area (Å²) in [5.74, 6) is 0.386. The van der Waals surface area contributed by atoms with E-state index in [4.69, 9.17) is 11.6 Å². The van der Waals surface area contributed by atoms with Gasteiger partial charge in [0.2, 0.25) is 10.0 Å². The van der Waals surface area contributed by atoms with E-state index in [2.05, 4.69) is 15.3 Å². The molecular weight excluding hydrogens is 460 g/mol. The summed E-state index contributed by atoms with van der Waals surface area (Å²) in [7, 11) is -3.69. The van der Waals surface area contributed by atoms with Crippen LogP contribution in [0.1, 0.15) is 35.1 Å². The van der Waals surface area contributed by atoms with Crippen molar-refractivity contribution in [3.05, 3.63) is 89.2 Å². The number of carbonyl (C=O) groups excluding carboxylic acids is 1. The first-order valence-electron chi connectivity index (χ1n) is 10.6. The molecule has 7 nitrogen and oxygen atoms in total. The highest BCUT2D eigenvalue weighted by Crippen LogP contribution is 2.36. The minimum atomic E-state index is -3.69. The van der Waals surface area contributed by atoms with Crippen LogP contribution in [0.3, 0.4) is 0 Å². The Bertz CT molecular complexity index is 1420. The monoisotopic (exact) mass is 480 g/mol. The van der Waals surface area contributed by atoms with Crippen LogP contribution in [0.2, 0.25) is 5.02 Å². The number of halogens is 1. The van der Waals surface area contributed by atoms with Crippen molar-refractivity contribution >= 4 is 44.3 Å². The molecule has 0 saturated carbocycles. The topological polar surface area (TPSA) is 95.2 Å². The van der Waals surface area contributed by atoms with E-state index in [1.54, 1.807) is 36.4 Å². The van der Waals surface area contributed by atoms with Gasteiger partial charge in [0.05, 0.1) is 22.0 Å². The normalized spacial score (nSPS) is 16.8. The number of rotatable bonds is 5. The van der Waals surface area contributed by atoms with Crippen molar-refractivity contribution < 1.29 is 13.2 Å². The smallest absolute Gasteiger partial charge is 0.255 e. The van der Waals surface area contributed by atoms with Crippen molar-refractivity contribution in [2.75, 3.05) is 11.9 Å². The van der Waals surface area contributed by atoms with Gasteiger partial charge in [-0.1, -0.05) is 29.8 Å². The maximum Gasteiger partial charge on any atom is 0.255 e. The Morgan fingerprint density at radius 3 is 2.58 bits per heavy atom. The van der Waals surface area contributed by atoms with Crippen LogP contribution in [-0.4, -0.2) is 35.1 Å². The Balaban J connectivity index is 1.41. The lowest BCUT2D eigenvalue weighted by Crippen LogP contribution is -2.31. The molecule has 5 rings (SSSR count). The maximum atomic E-state index is 13.2. The summed E-state index contributed by atoms with van der Waals surface area (Å²) in [5.41, 5.74) is 2.63. The Hall–Kier alpha value is -3.20. The molecule has 4 aromatic rings. The maximum absolute atomic E-state index is 13.2. The summed E-state index contributed by atoms with van der Waals surface area (Å²) in [6.45, 7) is 0.422. The molecule has 1 fully saturated rings. The van der Waals surface area contributed by atoms with Crippen LogP contribution < -0.4 is 5.32 Å². The standard InChI is InChI=1S/C24H21ClN4O3S/c25-17-8-11-19(12-9-17)33(31,32)29-14-4-7-22(29)23-27-20-13-10-18(15-21(20)28-23)26-24(30)16-5-2-1-3-6-16/h1-3,5-6,8-13,15,22H,4,7,14H2,(H,26,30)(H,27,28). The van der Waals surface area contributed by atoms with Crippen LogP contribution in [0.15, 0.2) is 77.7 Å². The lowest BCUT2D eigenvalue weighted by Gasteiger charge is -2.22. The molecule has 0 aliphatic carbocycles. The molecule has 0 radical (unpaired) electrons. The van der Waals surface area contributed by atoms with Gasteiger partial charge in [0.25, 0.3) is 5.91 Å². The number of nitrogens with zero attached hydrogens (tertiary/aromatic N) is 2. The number of hydrogen-bond donors (Lipinski definition) is 2. The van der Waals surface area contributed by atoms with Crippen LogP contribution >= 0.6 is 11.6 Å². The Morgan fingerprint density at radius 2 is 1.82 bits per heavy atom. The molecule has 168 valence electrons. The number of sulfonamides is 1. The van der Waals surface area contributed by atoms with E-state index in [1.165, 1.54) is 16.4 Å². The number of carbonyl (C=O) groups is 1. The summed E-state index contributed by atoms with van der Waals surface area (Å²) in [5, 5.41) is 3.37. The number of imidazole rings is 1.